The molecule has 0 aliphatic rings. The van der Waals surface area contributed by atoms with E-state index in [1.165, 1.54) is 18.2 Å². The first kappa shape index (κ1) is 18.0. The zero-order chi connectivity index (χ0) is 15.9. The predicted octanol–water partition coefficient (Wildman–Crippen LogP) is 3.76. The number of rotatable bonds is 9. The molecule has 9 heteroatoms. The number of unbranched alkanes of at least 4 members (excludes halogenated alkanes) is 3. The monoisotopic (exact) mass is 355 g/mol. The third-order valence-electron chi connectivity index (χ3n) is 2.66. The van der Waals surface area contributed by atoms with Crippen LogP contribution in [-0.4, -0.2) is 25.7 Å². The zero-order valence-electron chi connectivity index (χ0n) is 11.1. The maximum absolute atomic E-state index is 10.8. The van der Waals surface area contributed by atoms with Gasteiger partial charge >= 0.3 is 5.69 Å². The van der Waals surface area contributed by atoms with E-state index in [-0.39, 0.29) is 17.2 Å². The molecule has 1 rings (SSSR count). The SMILES string of the molecule is O=[N+]([O-])c1ccc(Cl)cc1OCCCCCCS(=O)(=O)Cl. The van der Waals surface area contributed by atoms with Gasteiger partial charge in [-0.15, -0.1) is 0 Å². The van der Waals surface area contributed by atoms with Gasteiger partial charge < -0.3 is 4.74 Å². The average Bonchev–Trinajstić information content (AvgIpc) is 2.36. The van der Waals surface area contributed by atoms with Gasteiger partial charge in [0.05, 0.1) is 17.3 Å². The quantitative estimate of drug-likeness (QED) is 0.291. The molecule has 118 valence electrons. The molecule has 0 heterocycles. The number of nitrogens with zero attached hydrogens (tertiary/aromatic N) is 1. The van der Waals surface area contributed by atoms with Crippen molar-refractivity contribution in [1.82, 2.24) is 0 Å². The second-order valence-corrected chi connectivity index (χ2v) is 7.71. The fraction of sp³-hybridized carbons (Fsp3) is 0.500. The van der Waals surface area contributed by atoms with Crippen LogP contribution in [0.25, 0.3) is 0 Å². The summed E-state index contributed by atoms with van der Waals surface area (Å²) in [6.07, 6.45) is 2.60. The summed E-state index contributed by atoms with van der Waals surface area (Å²) in [6, 6.07) is 4.13. The van der Waals surface area contributed by atoms with E-state index in [1.54, 1.807) is 0 Å². The van der Waals surface area contributed by atoms with Crippen molar-refractivity contribution in [2.45, 2.75) is 25.7 Å². The first-order valence-electron chi connectivity index (χ1n) is 6.28. The van der Waals surface area contributed by atoms with Crippen molar-refractivity contribution in [3.8, 4) is 5.75 Å². The summed E-state index contributed by atoms with van der Waals surface area (Å²) in [4.78, 5) is 10.3. The highest BCUT2D eigenvalue weighted by Gasteiger charge is 2.15. The topological polar surface area (TPSA) is 86.5 Å². The molecule has 0 saturated heterocycles. The van der Waals surface area contributed by atoms with Gasteiger partial charge in [0, 0.05) is 27.8 Å². The minimum absolute atomic E-state index is 0.0465. The fourth-order valence-corrected chi connectivity index (χ4v) is 2.70. The lowest BCUT2D eigenvalue weighted by Crippen LogP contribution is -2.01. The van der Waals surface area contributed by atoms with E-state index in [2.05, 4.69) is 0 Å². The molecule has 0 aromatic heterocycles. The van der Waals surface area contributed by atoms with Crippen molar-refractivity contribution in [2.75, 3.05) is 12.4 Å². The van der Waals surface area contributed by atoms with Crippen molar-refractivity contribution in [2.24, 2.45) is 0 Å². The Morgan fingerprint density at radius 1 is 1.19 bits per heavy atom. The second-order valence-electron chi connectivity index (χ2n) is 4.37. The van der Waals surface area contributed by atoms with Crippen LogP contribution < -0.4 is 4.74 Å². The van der Waals surface area contributed by atoms with Gasteiger partial charge in [-0.25, -0.2) is 8.42 Å². The number of nitro groups is 1. The summed E-state index contributed by atoms with van der Waals surface area (Å²) in [5, 5.41) is 11.2. The van der Waals surface area contributed by atoms with E-state index in [0.29, 0.717) is 30.9 Å². The van der Waals surface area contributed by atoms with Crippen LogP contribution in [-0.2, 0) is 9.05 Å². The summed E-state index contributed by atoms with van der Waals surface area (Å²) in [7, 11) is 1.66. The van der Waals surface area contributed by atoms with Crippen molar-refractivity contribution in [3.63, 3.8) is 0 Å². The number of ether oxygens (including phenoxy) is 1. The normalized spacial score (nSPS) is 11.3. The summed E-state index contributed by atoms with van der Waals surface area (Å²) in [5.41, 5.74) is -0.132. The van der Waals surface area contributed by atoms with E-state index in [4.69, 9.17) is 27.0 Å². The highest BCUT2D eigenvalue weighted by atomic mass is 35.7. The molecule has 0 N–H and O–H groups in total. The number of hydrogen-bond donors (Lipinski definition) is 0. The van der Waals surface area contributed by atoms with Gasteiger partial charge in [-0.3, -0.25) is 10.1 Å². The van der Waals surface area contributed by atoms with Crippen LogP contribution in [0, 0.1) is 10.1 Å². The number of hydrogen-bond acceptors (Lipinski definition) is 5. The molecule has 6 nitrogen and oxygen atoms in total. The second kappa shape index (κ2) is 8.41. The average molecular weight is 356 g/mol. The fourth-order valence-electron chi connectivity index (χ4n) is 1.67. The van der Waals surface area contributed by atoms with Crippen LogP contribution in [0.2, 0.25) is 5.02 Å². The van der Waals surface area contributed by atoms with Crippen molar-refractivity contribution in [3.05, 3.63) is 33.3 Å². The van der Waals surface area contributed by atoms with E-state index in [9.17, 15) is 18.5 Å². The molecule has 0 unspecified atom stereocenters. The molecule has 0 spiro atoms. The van der Waals surface area contributed by atoms with Crippen LogP contribution in [0.5, 0.6) is 5.75 Å². The Bertz CT molecular complexity index is 591. The summed E-state index contributed by atoms with van der Waals surface area (Å²) < 4.78 is 26.8. The lowest BCUT2D eigenvalue weighted by molar-refractivity contribution is -0.385. The van der Waals surface area contributed by atoms with E-state index in [1.807, 2.05) is 0 Å². The lowest BCUT2D eigenvalue weighted by atomic mass is 10.2. The van der Waals surface area contributed by atoms with Gasteiger partial charge in [-0.05, 0) is 18.9 Å². The van der Waals surface area contributed by atoms with Gasteiger partial charge in [0.2, 0.25) is 9.05 Å². The molecule has 0 aliphatic heterocycles. The molecule has 21 heavy (non-hydrogen) atoms. The Morgan fingerprint density at radius 2 is 1.86 bits per heavy atom. The minimum Gasteiger partial charge on any atom is -0.487 e. The van der Waals surface area contributed by atoms with E-state index in [0.717, 1.165) is 6.42 Å². The molecule has 0 atom stereocenters. The Kier molecular flexibility index (Phi) is 7.21. The van der Waals surface area contributed by atoms with Gasteiger partial charge in [-0.1, -0.05) is 24.4 Å². The molecular formula is C12H15Cl2NO5S. The first-order chi connectivity index (χ1) is 9.79. The Labute approximate surface area is 132 Å². The van der Waals surface area contributed by atoms with Crippen LogP contribution in [0.1, 0.15) is 25.7 Å². The number of nitro benzene ring substituents is 1. The summed E-state index contributed by atoms with van der Waals surface area (Å²) in [5.74, 6) is 0.0886. The van der Waals surface area contributed by atoms with Gasteiger partial charge in [0.25, 0.3) is 0 Å². The third kappa shape index (κ3) is 7.50. The molecule has 0 aliphatic carbocycles. The lowest BCUT2D eigenvalue weighted by Gasteiger charge is -2.07. The molecule has 0 fully saturated rings. The zero-order valence-corrected chi connectivity index (χ0v) is 13.5. The van der Waals surface area contributed by atoms with E-state index >= 15 is 0 Å². The molecule has 0 bridgehead atoms. The molecular weight excluding hydrogens is 341 g/mol. The van der Waals surface area contributed by atoms with Crippen LogP contribution in [0.4, 0.5) is 5.69 Å². The van der Waals surface area contributed by atoms with Gasteiger partial charge in [0.15, 0.2) is 5.75 Å². The molecule has 0 amide bonds. The largest absolute Gasteiger partial charge is 0.487 e. The molecule has 0 radical (unpaired) electrons. The van der Waals surface area contributed by atoms with Crippen LogP contribution in [0.15, 0.2) is 18.2 Å². The summed E-state index contributed by atoms with van der Waals surface area (Å²) in [6.45, 7) is 0.300. The minimum atomic E-state index is -3.43. The van der Waals surface area contributed by atoms with Crippen molar-refractivity contribution in [1.29, 1.82) is 0 Å². The highest BCUT2D eigenvalue weighted by molar-refractivity contribution is 8.13. The van der Waals surface area contributed by atoms with Gasteiger partial charge in [0.1, 0.15) is 0 Å². The highest BCUT2D eigenvalue weighted by Crippen LogP contribution is 2.30. The van der Waals surface area contributed by atoms with Gasteiger partial charge in [-0.2, -0.15) is 0 Å². The summed E-state index contributed by atoms with van der Waals surface area (Å²) >= 11 is 5.77. The van der Waals surface area contributed by atoms with E-state index < -0.39 is 14.0 Å². The predicted molar refractivity (Wildman–Crippen MR) is 81.7 cm³/mol. The molecule has 1 aromatic rings. The number of benzene rings is 1. The van der Waals surface area contributed by atoms with Crippen molar-refractivity contribution < 1.29 is 18.1 Å². The number of halogens is 2. The van der Waals surface area contributed by atoms with Crippen LogP contribution >= 0.6 is 22.3 Å². The van der Waals surface area contributed by atoms with Crippen LogP contribution in [0.3, 0.4) is 0 Å². The van der Waals surface area contributed by atoms with Crippen molar-refractivity contribution >= 4 is 37.0 Å². The molecule has 0 saturated carbocycles. The standard InChI is InChI=1S/C12H15Cl2NO5S/c13-10-5-6-11(15(16)17)12(9-10)20-7-3-1-2-4-8-21(14,18)19/h5-6,9H,1-4,7-8H2. The first-order valence-corrected chi connectivity index (χ1v) is 9.14. The maximum atomic E-state index is 10.8. The third-order valence-corrected chi connectivity index (χ3v) is 4.13. The Morgan fingerprint density at radius 3 is 2.48 bits per heavy atom. The maximum Gasteiger partial charge on any atom is 0.311 e. The smallest absolute Gasteiger partial charge is 0.311 e. The Hall–Kier alpha value is -1.05. The molecule has 1 aromatic carbocycles. The Balaban J connectivity index is 2.33.